The summed E-state index contributed by atoms with van der Waals surface area (Å²) in [5, 5.41) is 3.49. The summed E-state index contributed by atoms with van der Waals surface area (Å²) < 4.78 is 0. The molecule has 3 N–H and O–H groups in total. The second kappa shape index (κ2) is 6.09. The van der Waals surface area contributed by atoms with E-state index in [2.05, 4.69) is 22.2 Å². The standard InChI is InChI=1S/C13H20N4S/c1-2-9-5-3-4-6-10(9)17-13-11(12(14)18)15-7-8-16-13/h7-10H,2-6H2,1H3,(H2,14,18)(H,16,17). The molecule has 98 valence electrons. The lowest BCUT2D eigenvalue weighted by atomic mass is 9.83. The van der Waals surface area contributed by atoms with E-state index < -0.39 is 0 Å². The van der Waals surface area contributed by atoms with Gasteiger partial charge in [0.1, 0.15) is 10.7 Å². The lowest BCUT2D eigenvalue weighted by molar-refractivity contribution is 0.316. The van der Waals surface area contributed by atoms with Crippen LogP contribution in [0.3, 0.4) is 0 Å². The predicted octanol–water partition coefficient (Wildman–Crippen LogP) is 2.49. The van der Waals surface area contributed by atoms with Crippen molar-refractivity contribution in [3.8, 4) is 0 Å². The Labute approximate surface area is 113 Å². The van der Waals surface area contributed by atoms with E-state index in [-0.39, 0.29) is 0 Å². The number of thiocarbonyl (C=S) groups is 1. The van der Waals surface area contributed by atoms with E-state index in [0.29, 0.717) is 22.6 Å². The first-order chi connectivity index (χ1) is 8.72. The zero-order chi connectivity index (χ0) is 13.0. The number of nitrogens with zero attached hydrogens (tertiary/aromatic N) is 2. The number of hydrogen-bond donors (Lipinski definition) is 2. The third-order valence-corrected chi connectivity index (χ3v) is 3.88. The average Bonchev–Trinajstić information content (AvgIpc) is 2.40. The van der Waals surface area contributed by atoms with Crippen LogP contribution < -0.4 is 11.1 Å². The molecule has 18 heavy (non-hydrogen) atoms. The van der Waals surface area contributed by atoms with Crippen molar-refractivity contribution in [2.75, 3.05) is 5.32 Å². The van der Waals surface area contributed by atoms with Crippen molar-refractivity contribution < 1.29 is 0 Å². The Balaban J connectivity index is 2.15. The van der Waals surface area contributed by atoms with Crippen LogP contribution in [-0.2, 0) is 0 Å². The van der Waals surface area contributed by atoms with E-state index in [1.807, 2.05) is 0 Å². The van der Waals surface area contributed by atoms with Gasteiger partial charge in [-0.25, -0.2) is 9.97 Å². The van der Waals surface area contributed by atoms with E-state index in [1.54, 1.807) is 12.4 Å². The van der Waals surface area contributed by atoms with Crippen molar-refractivity contribution in [1.82, 2.24) is 9.97 Å². The van der Waals surface area contributed by atoms with Crippen molar-refractivity contribution in [1.29, 1.82) is 0 Å². The van der Waals surface area contributed by atoms with Crippen molar-refractivity contribution in [2.24, 2.45) is 11.7 Å². The molecule has 0 saturated heterocycles. The van der Waals surface area contributed by atoms with Gasteiger partial charge in [0.2, 0.25) is 0 Å². The van der Waals surface area contributed by atoms with Gasteiger partial charge in [-0.1, -0.05) is 38.4 Å². The van der Waals surface area contributed by atoms with Crippen LogP contribution in [0.2, 0.25) is 0 Å². The molecule has 2 unspecified atom stereocenters. The van der Waals surface area contributed by atoms with Crippen LogP contribution in [0.1, 0.15) is 44.7 Å². The number of anilines is 1. The highest BCUT2D eigenvalue weighted by Gasteiger charge is 2.24. The molecular weight excluding hydrogens is 244 g/mol. The number of rotatable bonds is 4. The van der Waals surface area contributed by atoms with Gasteiger partial charge in [0, 0.05) is 18.4 Å². The Hall–Kier alpha value is -1.23. The number of hydrogen-bond acceptors (Lipinski definition) is 4. The van der Waals surface area contributed by atoms with Crippen LogP contribution in [0.15, 0.2) is 12.4 Å². The van der Waals surface area contributed by atoms with Gasteiger partial charge in [-0.05, 0) is 18.8 Å². The van der Waals surface area contributed by atoms with Crippen LogP contribution in [0.5, 0.6) is 0 Å². The molecule has 0 aliphatic heterocycles. The topological polar surface area (TPSA) is 63.8 Å². The third kappa shape index (κ3) is 2.96. The smallest absolute Gasteiger partial charge is 0.155 e. The van der Waals surface area contributed by atoms with E-state index in [1.165, 1.54) is 32.1 Å². The zero-order valence-electron chi connectivity index (χ0n) is 10.7. The maximum absolute atomic E-state index is 5.68. The van der Waals surface area contributed by atoms with Gasteiger partial charge in [0.25, 0.3) is 0 Å². The molecule has 1 aromatic heterocycles. The monoisotopic (exact) mass is 264 g/mol. The molecule has 1 aliphatic rings. The Morgan fingerprint density at radius 3 is 2.83 bits per heavy atom. The molecule has 1 aliphatic carbocycles. The quantitative estimate of drug-likeness (QED) is 0.818. The minimum Gasteiger partial charge on any atom is -0.388 e. The lowest BCUT2D eigenvalue weighted by Gasteiger charge is -2.32. The molecule has 1 aromatic rings. The molecule has 2 rings (SSSR count). The summed E-state index contributed by atoms with van der Waals surface area (Å²) in [4.78, 5) is 8.83. The van der Waals surface area contributed by atoms with E-state index >= 15 is 0 Å². The summed E-state index contributed by atoms with van der Waals surface area (Å²) in [6.07, 6.45) is 9.57. The molecule has 4 nitrogen and oxygen atoms in total. The van der Waals surface area contributed by atoms with Crippen LogP contribution >= 0.6 is 12.2 Å². The van der Waals surface area contributed by atoms with E-state index in [0.717, 1.165) is 5.82 Å². The molecule has 5 heteroatoms. The average molecular weight is 264 g/mol. The summed E-state index contributed by atoms with van der Waals surface area (Å²) in [5.41, 5.74) is 6.28. The minimum atomic E-state index is 0.300. The first-order valence-electron chi connectivity index (χ1n) is 6.59. The Kier molecular flexibility index (Phi) is 4.47. The molecule has 1 heterocycles. The molecule has 0 radical (unpaired) electrons. The highest BCUT2D eigenvalue weighted by atomic mass is 32.1. The molecule has 2 atom stereocenters. The van der Waals surface area contributed by atoms with Crippen LogP contribution in [-0.4, -0.2) is 21.0 Å². The maximum Gasteiger partial charge on any atom is 0.155 e. The van der Waals surface area contributed by atoms with E-state index in [4.69, 9.17) is 18.0 Å². The third-order valence-electron chi connectivity index (χ3n) is 3.69. The highest BCUT2D eigenvalue weighted by Crippen LogP contribution is 2.29. The fourth-order valence-electron chi connectivity index (χ4n) is 2.69. The van der Waals surface area contributed by atoms with Crippen LogP contribution in [0, 0.1) is 5.92 Å². The van der Waals surface area contributed by atoms with E-state index in [9.17, 15) is 0 Å². The summed E-state index contributed by atoms with van der Waals surface area (Å²) in [7, 11) is 0. The Morgan fingerprint density at radius 2 is 2.11 bits per heavy atom. The predicted molar refractivity (Wildman–Crippen MR) is 77.6 cm³/mol. The molecule has 1 fully saturated rings. The first-order valence-corrected chi connectivity index (χ1v) is 7.00. The maximum atomic E-state index is 5.68. The van der Waals surface area contributed by atoms with Crippen molar-refractivity contribution in [2.45, 2.75) is 45.1 Å². The molecule has 0 amide bonds. The van der Waals surface area contributed by atoms with Crippen molar-refractivity contribution in [3.05, 3.63) is 18.1 Å². The normalized spacial score (nSPS) is 23.6. The number of nitrogens with one attached hydrogen (secondary N) is 1. The van der Waals surface area contributed by atoms with Gasteiger partial charge >= 0.3 is 0 Å². The minimum absolute atomic E-state index is 0.300. The van der Waals surface area contributed by atoms with Crippen LogP contribution in [0.4, 0.5) is 5.82 Å². The molecular formula is C13H20N4S. The first kappa shape index (κ1) is 13.2. The van der Waals surface area contributed by atoms with Crippen LogP contribution in [0.25, 0.3) is 0 Å². The molecule has 0 aromatic carbocycles. The Bertz CT molecular complexity index is 421. The molecule has 0 spiro atoms. The largest absolute Gasteiger partial charge is 0.388 e. The fraction of sp³-hybridized carbons (Fsp3) is 0.615. The van der Waals surface area contributed by atoms with Gasteiger partial charge in [0.15, 0.2) is 5.82 Å². The van der Waals surface area contributed by atoms with Gasteiger partial charge < -0.3 is 11.1 Å². The van der Waals surface area contributed by atoms with Crippen molar-refractivity contribution in [3.63, 3.8) is 0 Å². The molecule has 1 saturated carbocycles. The highest BCUT2D eigenvalue weighted by molar-refractivity contribution is 7.80. The van der Waals surface area contributed by atoms with Gasteiger partial charge in [0.05, 0.1) is 0 Å². The van der Waals surface area contributed by atoms with Gasteiger partial charge in [-0.2, -0.15) is 0 Å². The van der Waals surface area contributed by atoms with Crippen molar-refractivity contribution >= 4 is 23.0 Å². The summed E-state index contributed by atoms with van der Waals surface area (Å²) in [6, 6.07) is 0.466. The van der Waals surface area contributed by atoms with Gasteiger partial charge in [-0.3, -0.25) is 0 Å². The summed E-state index contributed by atoms with van der Waals surface area (Å²) in [6.45, 7) is 2.25. The number of aromatic nitrogens is 2. The van der Waals surface area contributed by atoms with Gasteiger partial charge in [-0.15, -0.1) is 0 Å². The Morgan fingerprint density at radius 1 is 1.39 bits per heavy atom. The molecule has 0 bridgehead atoms. The second-order valence-electron chi connectivity index (χ2n) is 4.82. The summed E-state index contributed by atoms with van der Waals surface area (Å²) in [5.74, 6) is 1.44. The second-order valence-corrected chi connectivity index (χ2v) is 5.26. The summed E-state index contributed by atoms with van der Waals surface area (Å²) >= 11 is 5.01. The lowest BCUT2D eigenvalue weighted by Crippen LogP contribution is -2.33. The SMILES string of the molecule is CCC1CCCCC1Nc1nccnc1C(N)=S. The number of nitrogens with two attached hydrogens (primary N) is 1. The fourth-order valence-corrected chi connectivity index (χ4v) is 2.84. The zero-order valence-corrected chi connectivity index (χ0v) is 11.5.